The van der Waals surface area contributed by atoms with Crippen molar-refractivity contribution < 1.29 is 14.3 Å². The maximum absolute atomic E-state index is 12.5. The van der Waals surface area contributed by atoms with E-state index in [4.69, 9.17) is 5.11 Å². The summed E-state index contributed by atoms with van der Waals surface area (Å²) in [5, 5.41) is 8.53. The van der Waals surface area contributed by atoms with Crippen LogP contribution in [0.25, 0.3) is 0 Å². The van der Waals surface area contributed by atoms with Gasteiger partial charge in [0, 0.05) is 0 Å². The van der Waals surface area contributed by atoms with E-state index in [0.717, 1.165) is 5.56 Å². The van der Waals surface area contributed by atoms with Crippen molar-refractivity contribution in [1.29, 1.82) is 0 Å². The first-order valence-electron chi connectivity index (χ1n) is 4.07. The minimum atomic E-state index is -0.836. The van der Waals surface area contributed by atoms with Crippen LogP contribution < -0.4 is 0 Å². The predicted molar refractivity (Wildman–Crippen MR) is 47.1 cm³/mol. The van der Waals surface area contributed by atoms with Crippen molar-refractivity contribution in [2.75, 3.05) is 0 Å². The van der Waals surface area contributed by atoms with E-state index in [2.05, 4.69) is 0 Å². The zero-order valence-corrected chi connectivity index (χ0v) is 7.33. The van der Waals surface area contributed by atoms with Crippen LogP contribution in [0.1, 0.15) is 24.8 Å². The maximum Gasteiger partial charge on any atom is 0.303 e. The molecule has 0 spiro atoms. The second kappa shape index (κ2) is 4.03. The first-order chi connectivity index (χ1) is 6.09. The lowest BCUT2D eigenvalue weighted by Crippen LogP contribution is -2.02. The predicted octanol–water partition coefficient (Wildman–Crippen LogP) is 2.40. The van der Waals surface area contributed by atoms with Gasteiger partial charge in [-0.25, -0.2) is 4.39 Å². The van der Waals surface area contributed by atoms with Crippen molar-refractivity contribution in [1.82, 2.24) is 0 Å². The van der Waals surface area contributed by atoms with Crippen LogP contribution in [0.2, 0.25) is 0 Å². The van der Waals surface area contributed by atoms with Gasteiger partial charge < -0.3 is 5.11 Å². The van der Waals surface area contributed by atoms with Crippen LogP contribution in [0, 0.1) is 5.82 Å². The van der Waals surface area contributed by atoms with Crippen molar-refractivity contribution in [3.63, 3.8) is 0 Å². The van der Waals surface area contributed by atoms with E-state index in [0.29, 0.717) is 0 Å². The van der Waals surface area contributed by atoms with Gasteiger partial charge in [-0.2, -0.15) is 0 Å². The second-order valence-electron chi connectivity index (χ2n) is 3.05. The van der Waals surface area contributed by atoms with E-state index in [1.54, 1.807) is 19.1 Å². The normalized spacial score (nSPS) is 12.5. The smallest absolute Gasteiger partial charge is 0.303 e. The summed E-state index contributed by atoms with van der Waals surface area (Å²) < 4.78 is 12.5. The highest BCUT2D eigenvalue weighted by Gasteiger charge is 2.09. The van der Waals surface area contributed by atoms with E-state index in [1.165, 1.54) is 12.1 Å². The molecule has 1 N–H and O–H groups in total. The van der Waals surface area contributed by atoms with E-state index in [1.807, 2.05) is 0 Å². The van der Waals surface area contributed by atoms with Crippen LogP contribution in [-0.2, 0) is 4.79 Å². The Balaban J connectivity index is 2.71. The highest BCUT2D eigenvalue weighted by molar-refractivity contribution is 5.67. The highest BCUT2D eigenvalue weighted by Crippen LogP contribution is 2.18. The van der Waals surface area contributed by atoms with Crippen molar-refractivity contribution >= 4 is 5.97 Å². The summed E-state index contributed by atoms with van der Waals surface area (Å²) in [6.07, 6.45) is 0.0750. The molecular formula is C10H11FO2. The molecule has 13 heavy (non-hydrogen) atoms. The zero-order valence-electron chi connectivity index (χ0n) is 7.33. The van der Waals surface area contributed by atoms with Gasteiger partial charge in [-0.15, -0.1) is 0 Å². The molecule has 0 aliphatic carbocycles. The Morgan fingerprint density at radius 3 is 2.46 bits per heavy atom. The van der Waals surface area contributed by atoms with Gasteiger partial charge in [0.25, 0.3) is 0 Å². The van der Waals surface area contributed by atoms with Crippen molar-refractivity contribution in [3.05, 3.63) is 35.6 Å². The number of aliphatic carboxylic acids is 1. The molecule has 0 heterocycles. The number of hydrogen-bond donors (Lipinski definition) is 1. The van der Waals surface area contributed by atoms with Gasteiger partial charge in [0.05, 0.1) is 6.42 Å². The molecule has 0 unspecified atom stereocenters. The number of rotatable bonds is 3. The Hall–Kier alpha value is -1.38. The molecule has 1 rings (SSSR count). The van der Waals surface area contributed by atoms with Gasteiger partial charge in [0.2, 0.25) is 0 Å². The number of hydrogen-bond acceptors (Lipinski definition) is 1. The highest BCUT2D eigenvalue weighted by atomic mass is 19.1. The minimum absolute atomic E-state index is 0.0712. The fourth-order valence-electron chi connectivity index (χ4n) is 1.17. The van der Waals surface area contributed by atoms with Crippen LogP contribution >= 0.6 is 0 Å². The van der Waals surface area contributed by atoms with Crippen LogP contribution in [0.3, 0.4) is 0 Å². The monoisotopic (exact) mass is 182 g/mol. The Labute approximate surface area is 76.0 Å². The van der Waals surface area contributed by atoms with Crippen LogP contribution in [0.5, 0.6) is 0 Å². The van der Waals surface area contributed by atoms with Crippen LogP contribution in [0.4, 0.5) is 4.39 Å². The number of halogens is 1. The fourth-order valence-corrected chi connectivity index (χ4v) is 1.17. The third-order valence-corrected chi connectivity index (χ3v) is 1.92. The quantitative estimate of drug-likeness (QED) is 0.779. The van der Waals surface area contributed by atoms with E-state index >= 15 is 0 Å². The lowest BCUT2D eigenvalue weighted by molar-refractivity contribution is -0.137. The van der Waals surface area contributed by atoms with Gasteiger partial charge in [-0.1, -0.05) is 19.1 Å². The Morgan fingerprint density at radius 2 is 2.00 bits per heavy atom. The summed E-state index contributed by atoms with van der Waals surface area (Å²) in [6, 6.07) is 5.91. The second-order valence-corrected chi connectivity index (χ2v) is 3.05. The molecule has 3 heteroatoms. The average Bonchev–Trinajstić information content (AvgIpc) is 2.04. The van der Waals surface area contributed by atoms with Gasteiger partial charge >= 0.3 is 5.97 Å². The van der Waals surface area contributed by atoms with Gasteiger partial charge in [-0.05, 0) is 23.6 Å². The van der Waals surface area contributed by atoms with E-state index in [-0.39, 0.29) is 18.2 Å². The summed E-state index contributed by atoms with van der Waals surface area (Å²) in [5.74, 6) is -1.21. The lowest BCUT2D eigenvalue weighted by Gasteiger charge is -2.07. The molecule has 0 fully saturated rings. The number of carbonyl (C=O) groups is 1. The fraction of sp³-hybridized carbons (Fsp3) is 0.300. The molecule has 0 aliphatic rings. The molecule has 0 aliphatic heterocycles. The van der Waals surface area contributed by atoms with Gasteiger partial charge in [0.15, 0.2) is 0 Å². The number of benzene rings is 1. The number of carboxylic acids is 1. The van der Waals surface area contributed by atoms with Gasteiger partial charge in [-0.3, -0.25) is 4.79 Å². The largest absolute Gasteiger partial charge is 0.481 e. The first kappa shape index (κ1) is 9.71. The molecule has 0 bridgehead atoms. The van der Waals surface area contributed by atoms with E-state index < -0.39 is 5.97 Å². The van der Waals surface area contributed by atoms with Crippen molar-refractivity contribution in [2.45, 2.75) is 19.3 Å². The molecular weight excluding hydrogens is 171 g/mol. The maximum atomic E-state index is 12.5. The summed E-state index contributed by atoms with van der Waals surface area (Å²) in [6.45, 7) is 1.81. The zero-order chi connectivity index (χ0) is 9.84. The molecule has 0 radical (unpaired) electrons. The molecule has 0 saturated carbocycles. The molecule has 1 aromatic rings. The molecule has 0 amide bonds. The Kier molecular flexibility index (Phi) is 3.01. The van der Waals surface area contributed by atoms with Crippen molar-refractivity contribution in [2.24, 2.45) is 0 Å². The molecule has 2 nitrogen and oxygen atoms in total. The molecule has 1 atom stereocenters. The van der Waals surface area contributed by atoms with Crippen LogP contribution in [0.15, 0.2) is 24.3 Å². The topological polar surface area (TPSA) is 37.3 Å². The molecule has 70 valence electrons. The minimum Gasteiger partial charge on any atom is -0.481 e. The standard InChI is InChI=1S/C10H11FO2/c1-7(6-10(12)13)8-2-4-9(11)5-3-8/h2-5,7H,6H2,1H3,(H,12,13)/t7-/m0/s1. The summed E-state index contributed by atoms with van der Waals surface area (Å²) in [5.41, 5.74) is 0.851. The number of carboxylic acid groups (broad SMARTS) is 1. The first-order valence-corrected chi connectivity index (χ1v) is 4.07. The summed E-state index contributed by atoms with van der Waals surface area (Å²) >= 11 is 0. The van der Waals surface area contributed by atoms with Gasteiger partial charge in [0.1, 0.15) is 5.82 Å². The SMILES string of the molecule is C[C@@H](CC(=O)O)c1ccc(F)cc1. The molecule has 0 aromatic heterocycles. The summed E-state index contributed by atoms with van der Waals surface area (Å²) in [7, 11) is 0. The molecule has 0 saturated heterocycles. The third-order valence-electron chi connectivity index (χ3n) is 1.92. The lowest BCUT2D eigenvalue weighted by atomic mass is 9.98. The Morgan fingerprint density at radius 1 is 1.46 bits per heavy atom. The Bertz CT molecular complexity index is 292. The third kappa shape index (κ3) is 2.86. The van der Waals surface area contributed by atoms with Crippen molar-refractivity contribution in [3.8, 4) is 0 Å². The summed E-state index contributed by atoms with van der Waals surface area (Å²) in [4.78, 5) is 10.4. The van der Waals surface area contributed by atoms with E-state index in [9.17, 15) is 9.18 Å². The van der Waals surface area contributed by atoms with Crippen LogP contribution in [-0.4, -0.2) is 11.1 Å². The molecule has 1 aromatic carbocycles. The average molecular weight is 182 g/mol.